The highest BCUT2D eigenvalue weighted by Crippen LogP contribution is 2.50. The number of phenolic OH excluding ortho intramolecular Hbond substituents is 1. The highest BCUT2D eigenvalue weighted by Gasteiger charge is 2.45. The molecule has 1 unspecified atom stereocenters. The summed E-state index contributed by atoms with van der Waals surface area (Å²) in [5.41, 5.74) is 5.30. The van der Waals surface area contributed by atoms with Crippen LogP contribution in [-0.2, 0) is 24.7 Å². The van der Waals surface area contributed by atoms with Crippen molar-refractivity contribution in [2.24, 2.45) is 0 Å². The lowest BCUT2D eigenvalue weighted by Gasteiger charge is -2.41. The number of rotatable bonds is 5. The Bertz CT molecular complexity index is 1170. The monoisotopic (exact) mass is 503 g/mol. The van der Waals surface area contributed by atoms with Gasteiger partial charge in [0.05, 0.1) is 5.69 Å². The van der Waals surface area contributed by atoms with Gasteiger partial charge >= 0.3 is 6.01 Å². The Labute approximate surface area is 220 Å². The molecule has 2 bridgehead atoms. The maximum absolute atomic E-state index is 10.3. The van der Waals surface area contributed by atoms with E-state index in [0.717, 1.165) is 57.6 Å². The fourth-order valence-electron chi connectivity index (χ4n) is 8.19. The molecule has 3 fully saturated rings. The lowest BCUT2D eigenvalue weighted by Crippen LogP contribution is -2.53. The number of hydrogen-bond acceptors (Lipinski definition) is 7. The lowest BCUT2D eigenvalue weighted by molar-refractivity contribution is 0.138. The van der Waals surface area contributed by atoms with Gasteiger partial charge in [-0.1, -0.05) is 6.07 Å². The van der Waals surface area contributed by atoms with Crippen LogP contribution in [0.15, 0.2) is 18.2 Å². The Morgan fingerprint density at radius 1 is 1.11 bits per heavy atom. The molecule has 1 aromatic carbocycles. The first kappa shape index (κ1) is 23.7. The molecule has 7 heteroatoms. The van der Waals surface area contributed by atoms with Crippen LogP contribution in [0.5, 0.6) is 11.8 Å². The zero-order valence-corrected chi connectivity index (χ0v) is 22.4. The molecule has 198 valence electrons. The number of aromatic hydroxyl groups is 1. The fraction of sp³-hybridized carbons (Fsp3) is 0.667. The van der Waals surface area contributed by atoms with Crippen LogP contribution in [-0.4, -0.2) is 70.4 Å². The van der Waals surface area contributed by atoms with Crippen molar-refractivity contribution in [3.05, 3.63) is 40.6 Å². The van der Waals surface area contributed by atoms with Gasteiger partial charge in [-0.3, -0.25) is 4.90 Å². The summed E-state index contributed by atoms with van der Waals surface area (Å²) in [4.78, 5) is 15.5. The minimum atomic E-state index is 0.0618. The van der Waals surface area contributed by atoms with Crippen molar-refractivity contribution in [2.75, 3.05) is 31.1 Å². The molecule has 5 aliphatic rings. The van der Waals surface area contributed by atoms with Crippen molar-refractivity contribution in [1.82, 2.24) is 20.2 Å². The number of ether oxygens (including phenoxy) is 1. The summed E-state index contributed by atoms with van der Waals surface area (Å²) in [5, 5.41) is 13.9. The standard InChI is InChI=1S/C30H41N5O2/c1-19(2)34-13-3-4-23(34)18-37-29-32-27-15-30(11-9-20-5-8-24(36)14-26(20)30)12-10-25(27)28(33-29)35-21-6-7-22(35)17-31-16-21/h5,8,14,19,21-23,31,36H,3-4,6-7,9-13,15-18H2,1-2H3/t21-,22+,23-,30?/m0/s1. The van der Waals surface area contributed by atoms with Gasteiger partial charge in [-0.25, -0.2) is 0 Å². The normalized spacial score (nSPS) is 30.8. The number of nitrogens with one attached hydrogen (secondary N) is 1. The Kier molecular flexibility index (Phi) is 5.85. The van der Waals surface area contributed by atoms with Gasteiger partial charge in [-0.05, 0) is 101 Å². The molecule has 1 aromatic heterocycles. The maximum atomic E-state index is 10.3. The van der Waals surface area contributed by atoms with Gasteiger partial charge in [0.1, 0.15) is 18.2 Å². The van der Waals surface area contributed by atoms with Crippen molar-refractivity contribution < 1.29 is 9.84 Å². The Hall–Kier alpha value is -2.38. The predicted octanol–water partition coefficient (Wildman–Crippen LogP) is 3.75. The van der Waals surface area contributed by atoms with Gasteiger partial charge in [0.15, 0.2) is 0 Å². The van der Waals surface area contributed by atoms with E-state index in [1.807, 2.05) is 12.1 Å². The van der Waals surface area contributed by atoms with Gasteiger partial charge in [0.2, 0.25) is 0 Å². The number of hydrogen-bond donors (Lipinski definition) is 2. The second-order valence-electron chi connectivity index (χ2n) is 12.4. The highest BCUT2D eigenvalue weighted by atomic mass is 16.5. The zero-order chi connectivity index (χ0) is 25.1. The van der Waals surface area contributed by atoms with E-state index in [1.54, 1.807) is 0 Å². The summed E-state index contributed by atoms with van der Waals surface area (Å²) in [6, 6.07) is 8.53. The molecule has 3 saturated heterocycles. The predicted molar refractivity (Wildman–Crippen MR) is 145 cm³/mol. The van der Waals surface area contributed by atoms with Crippen molar-refractivity contribution in [1.29, 1.82) is 0 Å². The third kappa shape index (κ3) is 4.00. The molecular formula is C30H41N5O2. The molecule has 0 radical (unpaired) electrons. The molecule has 0 saturated carbocycles. The number of fused-ring (bicyclic) bond motifs is 5. The Balaban J connectivity index is 1.24. The van der Waals surface area contributed by atoms with Crippen LogP contribution >= 0.6 is 0 Å². The van der Waals surface area contributed by atoms with E-state index < -0.39 is 0 Å². The molecule has 7 nitrogen and oxygen atoms in total. The number of anilines is 1. The molecule has 2 aromatic rings. The summed E-state index contributed by atoms with van der Waals surface area (Å²) in [5.74, 6) is 1.52. The van der Waals surface area contributed by atoms with Gasteiger partial charge in [0.25, 0.3) is 0 Å². The lowest BCUT2D eigenvalue weighted by atomic mass is 9.69. The SMILES string of the molecule is CC(C)N1CCC[C@H]1COc1nc2c(c(N3[C@@H]4CC[C@H]3CNC4)n1)CCC1(CCc3ccc(O)cc31)C2. The molecule has 2 N–H and O–H groups in total. The van der Waals surface area contributed by atoms with E-state index in [1.165, 1.54) is 48.1 Å². The number of likely N-dealkylation sites (tertiary alicyclic amines) is 1. The molecule has 3 aliphatic heterocycles. The molecule has 0 amide bonds. The van der Waals surface area contributed by atoms with Crippen molar-refractivity contribution >= 4 is 5.82 Å². The quantitative estimate of drug-likeness (QED) is 0.644. The van der Waals surface area contributed by atoms with Crippen LogP contribution < -0.4 is 15.0 Å². The van der Waals surface area contributed by atoms with Gasteiger partial charge < -0.3 is 20.1 Å². The third-order valence-electron chi connectivity index (χ3n) is 10.1. The van der Waals surface area contributed by atoms with Gasteiger partial charge in [0, 0.05) is 48.2 Å². The summed E-state index contributed by atoms with van der Waals surface area (Å²) in [6.45, 7) is 8.44. The van der Waals surface area contributed by atoms with Gasteiger partial charge in [-0.2, -0.15) is 9.97 Å². The van der Waals surface area contributed by atoms with Crippen molar-refractivity contribution in [3.63, 3.8) is 0 Å². The number of phenols is 1. The minimum Gasteiger partial charge on any atom is -0.508 e. The smallest absolute Gasteiger partial charge is 0.318 e. The van der Waals surface area contributed by atoms with E-state index in [-0.39, 0.29) is 5.41 Å². The molecule has 37 heavy (non-hydrogen) atoms. The summed E-state index contributed by atoms with van der Waals surface area (Å²) >= 11 is 0. The first-order valence-electron chi connectivity index (χ1n) is 14.6. The van der Waals surface area contributed by atoms with Crippen LogP contribution in [0.3, 0.4) is 0 Å². The molecule has 7 rings (SSSR count). The molecular weight excluding hydrogens is 462 g/mol. The summed E-state index contributed by atoms with van der Waals surface area (Å²) in [6.07, 6.45) is 10.1. The van der Waals surface area contributed by atoms with Crippen LogP contribution in [0.2, 0.25) is 0 Å². The second-order valence-corrected chi connectivity index (χ2v) is 12.4. The average molecular weight is 504 g/mol. The maximum Gasteiger partial charge on any atom is 0.318 e. The topological polar surface area (TPSA) is 73.8 Å². The first-order chi connectivity index (χ1) is 18.0. The summed E-state index contributed by atoms with van der Waals surface area (Å²) < 4.78 is 6.45. The molecule has 4 atom stereocenters. The van der Waals surface area contributed by atoms with E-state index in [0.29, 0.717) is 42.5 Å². The number of aromatic nitrogens is 2. The van der Waals surface area contributed by atoms with Crippen LogP contribution in [0.25, 0.3) is 0 Å². The van der Waals surface area contributed by atoms with E-state index in [4.69, 9.17) is 14.7 Å². The average Bonchev–Trinajstić information content (AvgIpc) is 3.57. The number of benzene rings is 1. The van der Waals surface area contributed by atoms with Crippen molar-refractivity contribution in [2.45, 2.75) is 101 Å². The van der Waals surface area contributed by atoms with E-state index >= 15 is 0 Å². The van der Waals surface area contributed by atoms with E-state index in [9.17, 15) is 5.11 Å². The van der Waals surface area contributed by atoms with Crippen LogP contribution in [0.4, 0.5) is 5.82 Å². The first-order valence-corrected chi connectivity index (χ1v) is 14.6. The molecule has 2 aliphatic carbocycles. The van der Waals surface area contributed by atoms with Crippen LogP contribution in [0, 0.1) is 0 Å². The Morgan fingerprint density at radius 2 is 1.92 bits per heavy atom. The zero-order valence-electron chi connectivity index (χ0n) is 22.4. The molecule has 4 heterocycles. The molecule has 1 spiro atoms. The van der Waals surface area contributed by atoms with Crippen molar-refractivity contribution in [3.8, 4) is 11.8 Å². The number of piperazine rings is 1. The second kappa shape index (κ2) is 9.12. The van der Waals surface area contributed by atoms with Gasteiger partial charge in [-0.15, -0.1) is 0 Å². The Morgan fingerprint density at radius 3 is 2.73 bits per heavy atom. The number of nitrogens with zero attached hydrogens (tertiary/aromatic N) is 4. The summed E-state index contributed by atoms with van der Waals surface area (Å²) in [7, 11) is 0. The number of aryl methyl sites for hydroxylation is 1. The van der Waals surface area contributed by atoms with E-state index in [2.05, 4.69) is 35.0 Å². The largest absolute Gasteiger partial charge is 0.508 e. The minimum absolute atomic E-state index is 0.0618. The highest BCUT2D eigenvalue weighted by molar-refractivity contribution is 5.56. The third-order valence-corrected chi connectivity index (χ3v) is 10.1. The fourth-order valence-corrected chi connectivity index (χ4v) is 8.19. The van der Waals surface area contributed by atoms with Crippen LogP contribution in [0.1, 0.15) is 74.8 Å².